The van der Waals surface area contributed by atoms with E-state index >= 15 is 0 Å². The number of benzene rings is 2. The minimum absolute atomic E-state index is 0.213. The molecule has 1 atom stereocenters. The van der Waals surface area contributed by atoms with Gasteiger partial charge in [-0.2, -0.15) is 0 Å². The van der Waals surface area contributed by atoms with Gasteiger partial charge in [-0.05, 0) is 66.9 Å². The molecule has 0 fully saturated rings. The smallest absolute Gasteiger partial charge is 0.171 e. The second kappa shape index (κ2) is 8.72. The summed E-state index contributed by atoms with van der Waals surface area (Å²) in [6.07, 6.45) is 4.99. The lowest BCUT2D eigenvalue weighted by atomic mass is 9.87. The van der Waals surface area contributed by atoms with Crippen molar-refractivity contribution in [3.05, 3.63) is 66.2 Å². The van der Waals surface area contributed by atoms with Crippen LogP contribution in [0.4, 0.5) is 5.69 Å². The number of rotatable bonds is 6. The van der Waals surface area contributed by atoms with Crippen LogP contribution in [0.25, 0.3) is 0 Å². The Bertz CT molecular complexity index is 791. The van der Waals surface area contributed by atoms with E-state index < -0.39 is 0 Å². The first-order valence-electron chi connectivity index (χ1n) is 8.77. The molecular weight excluding hydrogens is 344 g/mol. The zero-order valence-electron chi connectivity index (χ0n) is 15.0. The van der Waals surface area contributed by atoms with E-state index in [1.54, 1.807) is 13.2 Å². The van der Waals surface area contributed by atoms with Crippen molar-refractivity contribution in [2.75, 3.05) is 19.0 Å². The molecule has 0 saturated carbocycles. The van der Waals surface area contributed by atoms with Crippen molar-refractivity contribution in [2.45, 2.75) is 25.3 Å². The Morgan fingerprint density at radius 3 is 2.96 bits per heavy atom. The number of ether oxygens (including phenoxy) is 2. The quantitative estimate of drug-likeness (QED) is 0.575. The fourth-order valence-electron chi connectivity index (χ4n) is 3.21. The van der Waals surface area contributed by atoms with Crippen LogP contribution < -0.4 is 20.1 Å². The van der Waals surface area contributed by atoms with Crippen LogP contribution in [0, 0.1) is 0 Å². The van der Waals surface area contributed by atoms with Crippen LogP contribution in [-0.2, 0) is 6.42 Å². The fraction of sp³-hybridized carbons (Fsp3) is 0.286. The van der Waals surface area contributed by atoms with Gasteiger partial charge in [0.25, 0.3) is 0 Å². The Labute approximate surface area is 160 Å². The van der Waals surface area contributed by atoms with Gasteiger partial charge < -0.3 is 20.1 Å². The summed E-state index contributed by atoms with van der Waals surface area (Å²) in [7, 11) is 1.70. The Morgan fingerprint density at radius 2 is 2.15 bits per heavy atom. The molecule has 1 unspecified atom stereocenters. The van der Waals surface area contributed by atoms with Crippen molar-refractivity contribution in [1.29, 1.82) is 0 Å². The Kier molecular flexibility index (Phi) is 6.12. The van der Waals surface area contributed by atoms with Gasteiger partial charge >= 0.3 is 0 Å². The number of hydrogen-bond acceptors (Lipinski definition) is 3. The first-order chi connectivity index (χ1) is 12.7. The van der Waals surface area contributed by atoms with Crippen LogP contribution in [0.1, 0.15) is 30.0 Å². The number of fused-ring (bicyclic) bond motifs is 1. The summed E-state index contributed by atoms with van der Waals surface area (Å²) in [5, 5.41) is 7.31. The van der Waals surface area contributed by atoms with Gasteiger partial charge in [-0.3, -0.25) is 0 Å². The molecule has 3 rings (SSSR count). The summed E-state index contributed by atoms with van der Waals surface area (Å²) in [6.45, 7) is 4.14. The lowest BCUT2D eigenvalue weighted by molar-refractivity contribution is 0.363. The molecular formula is C21H24N2O2S. The third-order valence-corrected chi connectivity index (χ3v) is 4.65. The molecule has 0 radical (unpaired) electrons. The zero-order chi connectivity index (χ0) is 18.4. The summed E-state index contributed by atoms with van der Waals surface area (Å²) in [6, 6.07) is 14.2. The normalized spacial score (nSPS) is 15.5. The predicted octanol–water partition coefficient (Wildman–Crippen LogP) is 4.62. The summed E-state index contributed by atoms with van der Waals surface area (Å²) >= 11 is 5.52. The molecule has 1 aliphatic rings. The van der Waals surface area contributed by atoms with Crippen molar-refractivity contribution in [3.63, 3.8) is 0 Å². The predicted molar refractivity (Wildman–Crippen MR) is 110 cm³/mol. The van der Waals surface area contributed by atoms with Crippen LogP contribution >= 0.6 is 12.2 Å². The van der Waals surface area contributed by atoms with E-state index in [0.29, 0.717) is 11.7 Å². The third-order valence-electron chi connectivity index (χ3n) is 4.43. The van der Waals surface area contributed by atoms with E-state index in [1.165, 1.54) is 11.1 Å². The van der Waals surface area contributed by atoms with Crippen molar-refractivity contribution >= 4 is 23.0 Å². The van der Waals surface area contributed by atoms with Gasteiger partial charge in [0, 0.05) is 11.8 Å². The molecule has 0 bridgehead atoms. The van der Waals surface area contributed by atoms with Gasteiger partial charge in [-0.25, -0.2) is 0 Å². The SMILES string of the molecule is C=CCOc1cccc(NC(=S)NC2CCCc3cc(OC)ccc32)c1. The largest absolute Gasteiger partial charge is 0.497 e. The molecule has 0 aromatic heterocycles. The van der Waals surface area contributed by atoms with Crippen LogP contribution in [0.3, 0.4) is 0 Å². The van der Waals surface area contributed by atoms with Crippen molar-refractivity contribution in [2.24, 2.45) is 0 Å². The topological polar surface area (TPSA) is 42.5 Å². The third kappa shape index (κ3) is 4.55. The lowest BCUT2D eigenvalue weighted by Crippen LogP contribution is -2.34. The van der Waals surface area contributed by atoms with Crippen LogP contribution in [0.15, 0.2) is 55.1 Å². The molecule has 2 N–H and O–H groups in total. The summed E-state index contributed by atoms with van der Waals surface area (Å²) in [5.74, 6) is 1.69. The van der Waals surface area contributed by atoms with Gasteiger partial charge in [0.15, 0.2) is 5.11 Å². The van der Waals surface area contributed by atoms with E-state index in [2.05, 4.69) is 29.3 Å². The van der Waals surface area contributed by atoms with Gasteiger partial charge in [0.05, 0.1) is 13.2 Å². The highest BCUT2D eigenvalue weighted by Gasteiger charge is 2.21. The van der Waals surface area contributed by atoms with Gasteiger partial charge in [0.2, 0.25) is 0 Å². The number of anilines is 1. The minimum atomic E-state index is 0.213. The van der Waals surface area contributed by atoms with E-state index in [-0.39, 0.29) is 6.04 Å². The molecule has 4 nitrogen and oxygen atoms in total. The van der Waals surface area contributed by atoms with Gasteiger partial charge in [-0.15, -0.1) is 0 Å². The molecule has 2 aromatic rings. The summed E-state index contributed by atoms with van der Waals surface area (Å²) in [5.41, 5.74) is 3.52. The van der Waals surface area contributed by atoms with Crippen molar-refractivity contribution < 1.29 is 9.47 Å². The van der Waals surface area contributed by atoms with Crippen molar-refractivity contribution in [3.8, 4) is 11.5 Å². The molecule has 0 amide bonds. The maximum atomic E-state index is 5.56. The molecule has 1 aliphatic carbocycles. The number of nitrogens with one attached hydrogen (secondary N) is 2. The average molecular weight is 369 g/mol. The van der Waals surface area contributed by atoms with Gasteiger partial charge in [0.1, 0.15) is 18.1 Å². The second-order valence-corrected chi connectivity index (χ2v) is 6.64. The van der Waals surface area contributed by atoms with E-state index in [0.717, 1.165) is 36.4 Å². The Hall–Kier alpha value is -2.53. The fourth-order valence-corrected chi connectivity index (χ4v) is 3.47. The number of hydrogen-bond donors (Lipinski definition) is 2. The maximum absolute atomic E-state index is 5.56. The molecule has 0 aliphatic heterocycles. The lowest BCUT2D eigenvalue weighted by Gasteiger charge is -2.28. The molecule has 0 spiro atoms. The Morgan fingerprint density at radius 1 is 1.27 bits per heavy atom. The van der Waals surface area contributed by atoms with E-state index in [4.69, 9.17) is 21.7 Å². The zero-order valence-corrected chi connectivity index (χ0v) is 15.8. The second-order valence-electron chi connectivity index (χ2n) is 6.24. The first kappa shape index (κ1) is 18.3. The Balaban J connectivity index is 1.65. The van der Waals surface area contributed by atoms with Crippen LogP contribution in [0.5, 0.6) is 11.5 Å². The van der Waals surface area contributed by atoms with E-state index in [1.807, 2.05) is 30.3 Å². The molecule has 0 heterocycles. The van der Waals surface area contributed by atoms with Crippen LogP contribution in [0.2, 0.25) is 0 Å². The highest BCUT2D eigenvalue weighted by atomic mass is 32.1. The van der Waals surface area contributed by atoms with Gasteiger partial charge in [-0.1, -0.05) is 24.8 Å². The summed E-state index contributed by atoms with van der Waals surface area (Å²) in [4.78, 5) is 0. The molecule has 0 saturated heterocycles. The molecule has 5 heteroatoms. The molecule has 136 valence electrons. The minimum Gasteiger partial charge on any atom is -0.497 e. The average Bonchev–Trinajstić information content (AvgIpc) is 2.66. The number of aryl methyl sites for hydroxylation is 1. The highest BCUT2D eigenvalue weighted by Crippen LogP contribution is 2.32. The summed E-state index contributed by atoms with van der Waals surface area (Å²) < 4.78 is 10.9. The first-order valence-corrected chi connectivity index (χ1v) is 9.18. The number of thiocarbonyl (C=S) groups is 1. The molecule has 2 aromatic carbocycles. The van der Waals surface area contributed by atoms with E-state index in [9.17, 15) is 0 Å². The van der Waals surface area contributed by atoms with Crippen molar-refractivity contribution in [1.82, 2.24) is 5.32 Å². The molecule has 26 heavy (non-hydrogen) atoms. The standard InChI is InChI=1S/C21H24N2O2S/c1-3-12-25-18-8-5-7-16(14-18)22-21(26)23-20-9-4-6-15-13-17(24-2)10-11-19(15)20/h3,5,7-8,10-11,13-14,20H,1,4,6,9,12H2,2H3,(H2,22,23,26). The highest BCUT2D eigenvalue weighted by molar-refractivity contribution is 7.80. The number of methoxy groups -OCH3 is 1. The maximum Gasteiger partial charge on any atom is 0.171 e. The monoisotopic (exact) mass is 368 g/mol. The van der Waals surface area contributed by atoms with Crippen LogP contribution in [-0.4, -0.2) is 18.8 Å².